The van der Waals surface area contributed by atoms with E-state index in [1.54, 1.807) is 0 Å². The SMILES string of the molecule is Cc1ccc(SCCSc2ccc(N)cc2C)cc1. The molecule has 0 aliphatic rings. The lowest BCUT2D eigenvalue weighted by Gasteiger charge is -2.06. The molecule has 0 aliphatic heterocycles. The molecule has 2 N–H and O–H groups in total. The number of hydrogen-bond donors (Lipinski definition) is 1. The first-order valence-electron chi connectivity index (χ1n) is 6.33. The lowest BCUT2D eigenvalue weighted by atomic mass is 10.2. The van der Waals surface area contributed by atoms with Crippen molar-refractivity contribution in [2.45, 2.75) is 23.6 Å². The first-order valence-corrected chi connectivity index (χ1v) is 8.30. The third kappa shape index (κ3) is 4.51. The molecule has 0 radical (unpaired) electrons. The molecule has 0 atom stereocenters. The van der Waals surface area contributed by atoms with Gasteiger partial charge in [0.05, 0.1) is 0 Å². The fourth-order valence-corrected chi connectivity index (χ4v) is 3.68. The van der Waals surface area contributed by atoms with Crippen molar-refractivity contribution in [3.63, 3.8) is 0 Å². The lowest BCUT2D eigenvalue weighted by Crippen LogP contribution is -1.89. The van der Waals surface area contributed by atoms with Crippen molar-refractivity contribution in [3.8, 4) is 0 Å². The van der Waals surface area contributed by atoms with Gasteiger partial charge in [0.1, 0.15) is 0 Å². The molecule has 2 rings (SSSR count). The smallest absolute Gasteiger partial charge is 0.0317 e. The van der Waals surface area contributed by atoms with E-state index in [0.29, 0.717) is 0 Å². The Hall–Kier alpha value is -1.06. The number of anilines is 1. The molecule has 0 aliphatic carbocycles. The summed E-state index contributed by atoms with van der Waals surface area (Å²) in [5.41, 5.74) is 9.19. The molecule has 0 fully saturated rings. The normalized spacial score (nSPS) is 10.6. The monoisotopic (exact) mass is 289 g/mol. The molecule has 0 saturated heterocycles. The Kier molecular flexibility index (Phi) is 5.23. The molecule has 1 nitrogen and oxygen atoms in total. The van der Waals surface area contributed by atoms with E-state index in [0.717, 1.165) is 17.2 Å². The van der Waals surface area contributed by atoms with Gasteiger partial charge in [-0.15, -0.1) is 23.5 Å². The Bertz CT molecular complexity index is 535. The Morgan fingerprint density at radius 1 is 0.895 bits per heavy atom. The Labute approximate surface area is 124 Å². The van der Waals surface area contributed by atoms with E-state index in [2.05, 4.69) is 44.2 Å². The van der Waals surface area contributed by atoms with Gasteiger partial charge in [0, 0.05) is 27.0 Å². The first-order chi connectivity index (χ1) is 9.15. The zero-order valence-corrected chi connectivity index (χ0v) is 13.0. The van der Waals surface area contributed by atoms with Gasteiger partial charge in [-0.1, -0.05) is 17.7 Å². The molecule has 0 unspecified atom stereocenters. The molecular weight excluding hydrogens is 270 g/mol. The summed E-state index contributed by atoms with van der Waals surface area (Å²) in [5.74, 6) is 2.24. The zero-order valence-electron chi connectivity index (χ0n) is 11.3. The minimum atomic E-state index is 0.843. The summed E-state index contributed by atoms with van der Waals surface area (Å²) in [6, 6.07) is 14.8. The van der Waals surface area contributed by atoms with Gasteiger partial charge >= 0.3 is 0 Å². The first kappa shape index (κ1) is 14.4. The van der Waals surface area contributed by atoms with Crippen LogP contribution in [0.3, 0.4) is 0 Å². The summed E-state index contributed by atoms with van der Waals surface area (Å²) in [6.45, 7) is 4.24. The van der Waals surface area contributed by atoms with Gasteiger partial charge in [-0.25, -0.2) is 0 Å². The number of nitrogens with two attached hydrogens (primary N) is 1. The quantitative estimate of drug-likeness (QED) is 0.488. The summed E-state index contributed by atoms with van der Waals surface area (Å²) in [4.78, 5) is 2.68. The molecule has 0 bridgehead atoms. The lowest BCUT2D eigenvalue weighted by molar-refractivity contribution is 1.30. The molecule has 0 heterocycles. The van der Waals surface area contributed by atoms with Crippen LogP contribution in [0.2, 0.25) is 0 Å². The fourth-order valence-electron chi connectivity index (χ4n) is 1.78. The van der Waals surface area contributed by atoms with Gasteiger partial charge < -0.3 is 5.73 Å². The summed E-state index contributed by atoms with van der Waals surface area (Å²) in [5, 5.41) is 0. The Morgan fingerprint density at radius 2 is 1.58 bits per heavy atom. The number of benzene rings is 2. The minimum Gasteiger partial charge on any atom is -0.399 e. The fraction of sp³-hybridized carbons (Fsp3) is 0.250. The average molecular weight is 289 g/mol. The van der Waals surface area contributed by atoms with Crippen molar-refractivity contribution in [2.24, 2.45) is 0 Å². The summed E-state index contributed by atoms with van der Waals surface area (Å²) in [6.07, 6.45) is 0. The second-order valence-electron chi connectivity index (χ2n) is 4.53. The van der Waals surface area contributed by atoms with Gasteiger partial charge in [0.15, 0.2) is 0 Å². The van der Waals surface area contributed by atoms with Gasteiger partial charge in [-0.05, 0) is 49.7 Å². The standard InChI is InChI=1S/C16H19NS2/c1-12-3-6-15(7-4-12)18-9-10-19-16-8-5-14(17)11-13(16)2/h3-8,11H,9-10,17H2,1-2H3. The second kappa shape index (κ2) is 6.92. The van der Waals surface area contributed by atoms with Crippen LogP contribution in [0.4, 0.5) is 5.69 Å². The van der Waals surface area contributed by atoms with Gasteiger partial charge in [0.2, 0.25) is 0 Å². The molecule has 0 amide bonds. The van der Waals surface area contributed by atoms with Gasteiger partial charge in [-0.2, -0.15) is 0 Å². The third-order valence-corrected chi connectivity index (χ3v) is 5.28. The zero-order chi connectivity index (χ0) is 13.7. The molecule has 0 aromatic heterocycles. The van der Waals surface area contributed by atoms with Crippen LogP contribution in [0.5, 0.6) is 0 Å². The Morgan fingerprint density at radius 3 is 2.26 bits per heavy atom. The van der Waals surface area contributed by atoms with Crippen molar-refractivity contribution >= 4 is 29.2 Å². The molecule has 0 saturated carbocycles. The molecule has 2 aromatic rings. The van der Waals surface area contributed by atoms with E-state index in [-0.39, 0.29) is 0 Å². The van der Waals surface area contributed by atoms with Gasteiger partial charge in [-0.3, -0.25) is 0 Å². The number of thioether (sulfide) groups is 2. The van der Waals surface area contributed by atoms with E-state index in [4.69, 9.17) is 5.73 Å². The molecular formula is C16H19NS2. The van der Waals surface area contributed by atoms with Crippen molar-refractivity contribution in [3.05, 3.63) is 53.6 Å². The maximum atomic E-state index is 5.76. The maximum Gasteiger partial charge on any atom is 0.0317 e. The third-order valence-electron chi connectivity index (χ3n) is 2.83. The summed E-state index contributed by atoms with van der Waals surface area (Å²) in [7, 11) is 0. The minimum absolute atomic E-state index is 0.843. The molecule has 2 aromatic carbocycles. The molecule has 19 heavy (non-hydrogen) atoms. The van der Waals surface area contributed by atoms with Crippen LogP contribution in [0, 0.1) is 13.8 Å². The van der Waals surface area contributed by atoms with Crippen molar-refractivity contribution in [1.82, 2.24) is 0 Å². The van der Waals surface area contributed by atoms with Crippen LogP contribution < -0.4 is 5.73 Å². The van der Waals surface area contributed by atoms with Crippen molar-refractivity contribution in [2.75, 3.05) is 17.2 Å². The van der Waals surface area contributed by atoms with Crippen LogP contribution in [-0.2, 0) is 0 Å². The molecule has 0 spiro atoms. The summed E-state index contributed by atoms with van der Waals surface area (Å²) >= 11 is 3.81. The van der Waals surface area contributed by atoms with E-state index in [9.17, 15) is 0 Å². The molecule has 100 valence electrons. The van der Waals surface area contributed by atoms with E-state index in [1.165, 1.54) is 20.9 Å². The molecule has 3 heteroatoms. The van der Waals surface area contributed by atoms with Gasteiger partial charge in [0.25, 0.3) is 0 Å². The van der Waals surface area contributed by atoms with Crippen LogP contribution in [0.15, 0.2) is 52.3 Å². The van der Waals surface area contributed by atoms with E-state index >= 15 is 0 Å². The van der Waals surface area contributed by atoms with Crippen LogP contribution in [-0.4, -0.2) is 11.5 Å². The Balaban J connectivity index is 1.79. The van der Waals surface area contributed by atoms with E-state index < -0.39 is 0 Å². The van der Waals surface area contributed by atoms with Crippen LogP contribution >= 0.6 is 23.5 Å². The highest BCUT2D eigenvalue weighted by atomic mass is 32.2. The highest BCUT2D eigenvalue weighted by Crippen LogP contribution is 2.26. The van der Waals surface area contributed by atoms with Crippen LogP contribution in [0.1, 0.15) is 11.1 Å². The number of aryl methyl sites for hydroxylation is 2. The average Bonchev–Trinajstić information content (AvgIpc) is 2.39. The summed E-state index contributed by atoms with van der Waals surface area (Å²) < 4.78 is 0. The number of hydrogen-bond acceptors (Lipinski definition) is 3. The van der Waals surface area contributed by atoms with E-state index in [1.807, 2.05) is 35.7 Å². The highest BCUT2D eigenvalue weighted by Gasteiger charge is 2.00. The number of rotatable bonds is 5. The van der Waals surface area contributed by atoms with Crippen molar-refractivity contribution < 1.29 is 0 Å². The largest absolute Gasteiger partial charge is 0.399 e. The predicted octanol–water partition coefficient (Wildman–Crippen LogP) is 4.77. The predicted molar refractivity (Wildman–Crippen MR) is 88.2 cm³/mol. The highest BCUT2D eigenvalue weighted by molar-refractivity contribution is 8.03. The second-order valence-corrected chi connectivity index (χ2v) is 6.84. The number of nitrogen functional groups attached to an aromatic ring is 1. The van der Waals surface area contributed by atoms with Crippen LogP contribution in [0.25, 0.3) is 0 Å². The maximum absolute atomic E-state index is 5.76. The van der Waals surface area contributed by atoms with Crippen molar-refractivity contribution in [1.29, 1.82) is 0 Å². The topological polar surface area (TPSA) is 26.0 Å².